The lowest BCUT2D eigenvalue weighted by Crippen LogP contribution is -2.25. The Balaban J connectivity index is 1.95. The molecule has 3 heteroatoms. The van der Waals surface area contributed by atoms with Crippen molar-refractivity contribution in [3.05, 3.63) is 59.2 Å². The number of ether oxygens (including phenoxy) is 2. The van der Waals surface area contributed by atoms with Crippen molar-refractivity contribution in [1.82, 2.24) is 5.32 Å². The van der Waals surface area contributed by atoms with Crippen LogP contribution in [0.2, 0.25) is 0 Å². The number of hydrogen-bond acceptors (Lipinski definition) is 3. The predicted octanol–water partition coefficient (Wildman–Crippen LogP) is 3.44. The molecule has 0 fully saturated rings. The summed E-state index contributed by atoms with van der Waals surface area (Å²) in [6.45, 7) is 2.80. The largest absolute Gasteiger partial charge is 0.496 e. The van der Waals surface area contributed by atoms with Gasteiger partial charge in [-0.2, -0.15) is 0 Å². The highest BCUT2D eigenvalue weighted by Crippen LogP contribution is 2.41. The third kappa shape index (κ3) is 2.49. The third-order valence-electron chi connectivity index (χ3n) is 4.23. The Hall–Kier alpha value is -2.00. The summed E-state index contributed by atoms with van der Waals surface area (Å²) in [5.74, 6) is 2.27. The minimum Gasteiger partial charge on any atom is -0.496 e. The molecule has 0 aliphatic carbocycles. The van der Waals surface area contributed by atoms with E-state index in [0.717, 1.165) is 23.7 Å². The Bertz CT molecular complexity index is 639. The SMILES string of the molecule is CNC(c1ccc(OC)c(C)c1)C1COc2ccccc21. The molecule has 0 saturated carbocycles. The fraction of sp³-hybridized carbons (Fsp3) is 0.333. The quantitative estimate of drug-likeness (QED) is 0.932. The molecule has 2 atom stereocenters. The second kappa shape index (κ2) is 5.78. The summed E-state index contributed by atoms with van der Waals surface area (Å²) >= 11 is 0. The summed E-state index contributed by atoms with van der Waals surface area (Å²) in [5.41, 5.74) is 3.70. The molecule has 0 amide bonds. The van der Waals surface area contributed by atoms with Crippen LogP contribution >= 0.6 is 0 Å². The Morgan fingerprint density at radius 1 is 1.24 bits per heavy atom. The summed E-state index contributed by atoms with van der Waals surface area (Å²) in [5, 5.41) is 3.45. The molecule has 110 valence electrons. The molecular formula is C18H21NO2. The first kappa shape index (κ1) is 14.0. The number of rotatable bonds is 4. The Morgan fingerprint density at radius 3 is 2.76 bits per heavy atom. The van der Waals surface area contributed by atoms with E-state index in [2.05, 4.69) is 36.5 Å². The van der Waals surface area contributed by atoms with Crippen molar-refractivity contribution in [2.45, 2.75) is 18.9 Å². The van der Waals surface area contributed by atoms with Gasteiger partial charge in [0.15, 0.2) is 0 Å². The van der Waals surface area contributed by atoms with Gasteiger partial charge in [-0.3, -0.25) is 0 Å². The molecule has 0 spiro atoms. The topological polar surface area (TPSA) is 30.5 Å². The fourth-order valence-corrected chi connectivity index (χ4v) is 3.16. The number of benzene rings is 2. The first-order valence-corrected chi connectivity index (χ1v) is 7.28. The van der Waals surface area contributed by atoms with Crippen molar-refractivity contribution < 1.29 is 9.47 Å². The van der Waals surface area contributed by atoms with Gasteiger partial charge in [0.25, 0.3) is 0 Å². The molecule has 2 aromatic rings. The van der Waals surface area contributed by atoms with Gasteiger partial charge in [-0.15, -0.1) is 0 Å². The van der Waals surface area contributed by atoms with Gasteiger partial charge in [0.2, 0.25) is 0 Å². The maximum atomic E-state index is 5.83. The summed E-state index contributed by atoms with van der Waals surface area (Å²) in [6.07, 6.45) is 0. The zero-order chi connectivity index (χ0) is 14.8. The van der Waals surface area contributed by atoms with E-state index < -0.39 is 0 Å². The van der Waals surface area contributed by atoms with Crippen molar-refractivity contribution in [3.63, 3.8) is 0 Å². The van der Waals surface area contributed by atoms with Crippen LogP contribution < -0.4 is 14.8 Å². The van der Waals surface area contributed by atoms with E-state index in [9.17, 15) is 0 Å². The summed E-state index contributed by atoms with van der Waals surface area (Å²) in [4.78, 5) is 0. The minimum atomic E-state index is 0.234. The highest BCUT2D eigenvalue weighted by atomic mass is 16.5. The van der Waals surface area contributed by atoms with Gasteiger partial charge >= 0.3 is 0 Å². The maximum absolute atomic E-state index is 5.83. The van der Waals surface area contributed by atoms with Gasteiger partial charge in [-0.1, -0.05) is 30.3 Å². The van der Waals surface area contributed by atoms with Gasteiger partial charge < -0.3 is 14.8 Å². The van der Waals surface area contributed by atoms with Gasteiger partial charge in [-0.25, -0.2) is 0 Å². The van der Waals surface area contributed by atoms with Crippen LogP contribution in [0.1, 0.15) is 28.7 Å². The Kier molecular flexibility index (Phi) is 3.84. The average molecular weight is 283 g/mol. The summed E-state index contributed by atoms with van der Waals surface area (Å²) < 4.78 is 11.2. The van der Waals surface area contributed by atoms with Crippen molar-refractivity contribution in [2.24, 2.45) is 0 Å². The Labute approximate surface area is 125 Å². The molecule has 0 bridgehead atoms. The Morgan fingerprint density at radius 2 is 2.05 bits per heavy atom. The van der Waals surface area contributed by atoms with Gasteiger partial charge in [-0.05, 0) is 37.2 Å². The van der Waals surface area contributed by atoms with Crippen LogP contribution in [0.3, 0.4) is 0 Å². The van der Waals surface area contributed by atoms with Crippen molar-refractivity contribution in [2.75, 3.05) is 20.8 Å². The molecule has 1 aliphatic heterocycles. The van der Waals surface area contributed by atoms with Crippen LogP contribution in [-0.4, -0.2) is 20.8 Å². The van der Waals surface area contributed by atoms with Crippen molar-refractivity contribution in [3.8, 4) is 11.5 Å². The number of hydrogen-bond donors (Lipinski definition) is 1. The van der Waals surface area contributed by atoms with Crippen LogP contribution in [0.4, 0.5) is 0 Å². The van der Waals surface area contributed by atoms with Crippen LogP contribution in [0.15, 0.2) is 42.5 Å². The second-order valence-electron chi connectivity index (χ2n) is 5.45. The smallest absolute Gasteiger partial charge is 0.122 e. The monoisotopic (exact) mass is 283 g/mol. The van der Waals surface area contributed by atoms with Gasteiger partial charge in [0.1, 0.15) is 11.5 Å². The molecule has 2 aromatic carbocycles. The van der Waals surface area contributed by atoms with E-state index in [1.807, 2.05) is 25.2 Å². The van der Waals surface area contributed by atoms with Crippen LogP contribution in [0, 0.1) is 6.92 Å². The van der Waals surface area contributed by atoms with E-state index in [0.29, 0.717) is 5.92 Å². The molecule has 1 N–H and O–H groups in total. The van der Waals surface area contributed by atoms with Crippen molar-refractivity contribution >= 4 is 0 Å². The van der Waals surface area contributed by atoms with E-state index in [4.69, 9.17) is 9.47 Å². The van der Waals surface area contributed by atoms with Gasteiger partial charge in [0.05, 0.1) is 13.7 Å². The predicted molar refractivity (Wildman–Crippen MR) is 84.2 cm³/mol. The zero-order valence-corrected chi connectivity index (χ0v) is 12.7. The molecule has 0 saturated heterocycles. The lowest BCUT2D eigenvalue weighted by atomic mass is 9.88. The zero-order valence-electron chi connectivity index (χ0n) is 12.7. The molecular weight excluding hydrogens is 262 g/mol. The number of methoxy groups -OCH3 is 1. The van der Waals surface area contributed by atoms with Crippen molar-refractivity contribution in [1.29, 1.82) is 0 Å². The highest BCUT2D eigenvalue weighted by Gasteiger charge is 2.31. The highest BCUT2D eigenvalue weighted by molar-refractivity contribution is 5.44. The van der Waals surface area contributed by atoms with E-state index in [1.165, 1.54) is 11.1 Å². The fourth-order valence-electron chi connectivity index (χ4n) is 3.16. The number of fused-ring (bicyclic) bond motifs is 1. The first-order chi connectivity index (χ1) is 10.2. The van der Waals surface area contributed by atoms with Gasteiger partial charge in [0, 0.05) is 17.5 Å². The number of likely N-dealkylation sites (N-methyl/N-ethyl adjacent to an activating group) is 1. The number of aryl methyl sites for hydroxylation is 1. The molecule has 0 aromatic heterocycles. The van der Waals surface area contributed by atoms with Crippen LogP contribution in [0.25, 0.3) is 0 Å². The molecule has 0 radical (unpaired) electrons. The minimum absolute atomic E-state index is 0.234. The van der Waals surface area contributed by atoms with Crippen LogP contribution in [-0.2, 0) is 0 Å². The van der Waals surface area contributed by atoms with Crippen LogP contribution in [0.5, 0.6) is 11.5 Å². The third-order valence-corrected chi connectivity index (χ3v) is 4.23. The average Bonchev–Trinajstić information content (AvgIpc) is 2.93. The summed E-state index contributed by atoms with van der Waals surface area (Å²) in [6, 6.07) is 14.9. The van der Waals surface area contributed by atoms with E-state index in [-0.39, 0.29) is 6.04 Å². The summed E-state index contributed by atoms with van der Waals surface area (Å²) in [7, 11) is 3.71. The molecule has 3 nitrogen and oxygen atoms in total. The molecule has 1 aliphatic rings. The lowest BCUT2D eigenvalue weighted by molar-refractivity contribution is 0.304. The number of para-hydroxylation sites is 1. The van der Waals surface area contributed by atoms with E-state index in [1.54, 1.807) is 7.11 Å². The lowest BCUT2D eigenvalue weighted by Gasteiger charge is -2.23. The first-order valence-electron chi connectivity index (χ1n) is 7.28. The molecule has 21 heavy (non-hydrogen) atoms. The van der Waals surface area contributed by atoms with E-state index >= 15 is 0 Å². The molecule has 2 unspecified atom stereocenters. The maximum Gasteiger partial charge on any atom is 0.122 e. The standard InChI is InChI=1S/C18H21NO2/c1-12-10-13(8-9-16(12)20-3)18(19-2)15-11-21-17-7-5-4-6-14(15)17/h4-10,15,18-19H,11H2,1-3H3. The molecule has 1 heterocycles. The number of nitrogens with one attached hydrogen (secondary N) is 1. The molecule has 3 rings (SSSR count). The normalized spacial score (nSPS) is 18.0. The second-order valence-corrected chi connectivity index (χ2v) is 5.45.